The number of aromatic nitrogens is 2. The normalized spacial score (nSPS) is 15.7. The van der Waals surface area contributed by atoms with Crippen molar-refractivity contribution in [2.45, 2.75) is 20.3 Å². The Bertz CT molecular complexity index is 817. The van der Waals surface area contributed by atoms with Crippen molar-refractivity contribution in [1.82, 2.24) is 20.2 Å². The fourth-order valence-corrected chi connectivity index (χ4v) is 3.00. The predicted octanol–water partition coefficient (Wildman–Crippen LogP) is 1.56. The van der Waals surface area contributed by atoms with Crippen LogP contribution in [0.2, 0.25) is 0 Å². The second-order valence-electron chi connectivity index (χ2n) is 6.49. The molecular weight excluding hydrogens is 344 g/mol. The first-order chi connectivity index (χ1) is 13.1. The number of rotatable bonds is 5. The Balaban J connectivity index is 1.60. The topological polar surface area (TPSA) is 91.7 Å². The number of amides is 1. The van der Waals surface area contributed by atoms with Crippen molar-refractivity contribution in [3.8, 4) is 0 Å². The molecule has 0 aliphatic carbocycles. The third kappa shape index (κ3) is 5.70. The highest BCUT2D eigenvalue weighted by Crippen LogP contribution is 2.16. The molecule has 2 heterocycles. The van der Waals surface area contributed by atoms with E-state index in [1.807, 2.05) is 31.2 Å². The van der Waals surface area contributed by atoms with Crippen LogP contribution in [0.3, 0.4) is 0 Å². The summed E-state index contributed by atoms with van der Waals surface area (Å²) in [7, 11) is 0. The average molecular weight is 370 g/mol. The lowest BCUT2D eigenvalue weighted by Gasteiger charge is -2.26. The van der Waals surface area contributed by atoms with Gasteiger partial charge in [-0.15, -0.1) is 0 Å². The van der Waals surface area contributed by atoms with Crippen molar-refractivity contribution < 1.29 is 9.53 Å². The van der Waals surface area contributed by atoms with Crippen LogP contribution in [0, 0.1) is 6.92 Å². The van der Waals surface area contributed by atoms with Gasteiger partial charge in [-0.05, 0) is 26.0 Å². The minimum atomic E-state index is -0.282. The van der Waals surface area contributed by atoms with E-state index in [9.17, 15) is 4.79 Å². The van der Waals surface area contributed by atoms with Gasteiger partial charge in [0, 0.05) is 31.9 Å². The van der Waals surface area contributed by atoms with Crippen LogP contribution in [0.4, 0.5) is 5.95 Å². The number of para-hydroxylation sites is 1. The highest BCUT2D eigenvalue weighted by Gasteiger charge is 2.10. The average Bonchev–Trinajstić information content (AvgIpc) is 2.65. The van der Waals surface area contributed by atoms with Crippen LogP contribution in [0.5, 0.6) is 0 Å². The minimum Gasteiger partial charge on any atom is -0.379 e. The van der Waals surface area contributed by atoms with Gasteiger partial charge in [0.05, 0.1) is 24.4 Å². The van der Waals surface area contributed by atoms with Crippen molar-refractivity contribution in [1.29, 1.82) is 0 Å². The summed E-state index contributed by atoms with van der Waals surface area (Å²) < 4.78 is 5.36. The largest absolute Gasteiger partial charge is 0.379 e. The summed E-state index contributed by atoms with van der Waals surface area (Å²) in [6, 6.07) is 7.83. The zero-order valence-corrected chi connectivity index (χ0v) is 15.9. The summed E-state index contributed by atoms with van der Waals surface area (Å²) in [6.45, 7) is 8.57. The molecule has 1 aromatic heterocycles. The number of aliphatic imine (C=N–C) groups is 1. The molecule has 0 atom stereocenters. The number of anilines is 1. The molecule has 8 heteroatoms. The van der Waals surface area contributed by atoms with Gasteiger partial charge >= 0.3 is 0 Å². The van der Waals surface area contributed by atoms with Gasteiger partial charge in [0.25, 0.3) is 0 Å². The third-order valence-corrected chi connectivity index (χ3v) is 4.34. The predicted molar refractivity (Wildman–Crippen MR) is 106 cm³/mol. The smallest absolute Gasteiger partial charge is 0.245 e. The van der Waals surface area contributed by atoms with E-state index >= 15 is 0 Å². The number of hydrogen-bond acceptors (Lipinski definition) is 5. The molecule has 1 aliphatic rings. The first kappa shape index (κ1) is 19.2. The summed E-state index contributed by atoms with van der Waals surface area (Å²) in [4.78, 5) is 26.8. The van der Waals surface area contributed by atoms with E-state index < -0.39 is 0 Å². The quantitative estimate of drug-likeness (QED) is 0.469. The maximum atomic E-state index is 11.5. The van der Waals surface area contributed by atoms with Gasteiger partial charge in [-0.2, -0.15) is 4.99 Å². The molecule has 8 nitrogen and oxygen atoms in total. The molecule has 1 aliphatic heterocycles. The Labute approximate surface area is 159 Å². The Hall–Kier alpha value is -2.58. The lowest BCUT2D eigenvalue weighted by Crippen LogP contribution is -2.39. The van der Waals surface area contributed by atoms with Crippen molar-refractivity contribution in [2.24, 2.45) is 4.99 Å². The number of fused-ring (bicyclic) bond motifs is 1. The first-order valence-electron chi connectivity index (χ1n) is 9.25. The molecule has 0 unspecified atom stereocenters. The van der Waals surface area contributed by atoms with Gasteiger partial charge in [-0.3, -0.25) is 15.0 Å². The summed E-state index contributed by atoms with van der Waals surface area (Å²) in [6.07, 6.45) is 0.941. The van der Waals surface area contributed by atoms with Gasteiger partial charge in [-0.25, -0.2) is 9.97 Å². The molecule has 0 spiro atoms. The van der Waals surface area contributed by atoms with Gasteiger partial charge < -0.3 is 10.1 Å². The standard InChI is InChI=1S/C19H26N6O2/c1-14-16-6-3-4-7-17(16)23-19(21-14)24-18(22-15(2)26)20-8-5-9-25-10-12-27-13-11-25/h3-4,6-7H,5,8-13H2,1-2H3,(H2,20,21,22,23,24,26). The lowest BCUT2D eigenvalue weighted by molar-refractivity contribution is -0.115. The summed E-state index contributed by atoms with van der Waals surface area (Å²) in [5, 5.41) is 7.24. The summed E-state index contributed by atoms with van der Waals surface area (Å²) in [5.41, 5.74) is 1.72. The van der Waals surface area contributed by atoms with E-state index in [0.717, 1.165) is 55.9 Å². The highest BCUT2D eigenvalue weighted by molar-refractivity contribution is 6.00. The van der Waals surface area contributed by atoms with E-state index in [1.165, 1.54) is 6.92 Å². The zero-order chi connectivity index (χ0) is 19.1. The minimum absolute atomic E-state index is 0.282. The number of carbonyl (C=O) groups excluding carboxylic acids is 1. The van der Waals surface area contributed by atoms with Crippen LogP contribution in [-0.4, -0.2) is 66.1 Å². The molecule has 3 rings (SSSR count). The van der Waals surface area contributed by atoms with E-state index in [4.69, 9.17) is 4.74 Å². The molecule has 1 fully saturated rings. The molecule has 2 aromatic rings. The molecular formula is C19H26N6O2. The second kappa shape index (κ2) is 9.38. The molecule has 27 heavy (non-hydrogen) atoms. The number of hydrogen-bond donors (Lipinski definition) is 2. The van der Waals surface area contributed by atoms with Crippen molar-refractivity contribution >= 4 is 28.7 Å². The number of carbonyl (C=O) groups is 1. The third-order valence-electron chi connectivity index (χ3n) is 4.34. The van der Waals surface area contributed by atoms with E-state index in [0.29, 0.717) is 18.5 Å². The van der Waals surface area contributed by atoms with E-state index in [1.54, 1.807) is 0 Å². The molecule has 1 amide bonds. The molecule has 0 saturated carbocycles. The Morgan fingerprint density at radius 3 is 2.81 bits per heavy atom. The van der Waals surface area contributed by atoms with Gasteiger partial charge in [0.1, 0.15) is 0 Å². The van der Waals surface area contributed by atoms with E-state index in [-0.39, 0.29) is 5.91 Å². The number of guanidine groups is 1. The van der Waals surface area contributed by atoms with Gasteiger partial charge in [0.2, 0.25) is 17.8 Å². The Kier molecular flexibility index (Phi) is 6.67. The number of aryl methyl sites for hydroxylation is 1. The molecule has 2 N–H and O–H groups in total. The molecule has 0 bridgehead atoms. The summed E-state index contributed by atoms with van der Waals surface area (Å²) in [5.74, 6) is 0.515. The Morgan fingerprint density at radius 2 is 2.04 bits per heavy atom. The number of benzene rings is 1. The fourth-order valence-electron chi connectivity index (χ4n) is 3.00. The Morgan fingerprint density at radius 1 is 1.26 bits per heavy atom. The monoisotopic (exact) mass is 370 g/mol. The van der Waals surface area contributed by atoms with E-state index in [2.05, 4.69) is 30.5 Å². The summed E-state index contributed by atoms with van der Waals surface area (Å²) >= 11 is 0. The molecule has 1 saturated heterocycles. The number of ether oxygens (including phenoxy) is 1. The van der Waals surface area contributed by atoms with Crippen LogP contribution >= 0.6 is 0 Å². The zero-order valence-electron chi connectivity index (χ0n) is 15.9. The second-order valence-corrected chi connectivity index (χ2v) is 6.49. The SMILES string of the molecule is CC(=O)/N=C(\NCCCN1CCOCC1)Nc1nc(C)c2ccccc2n1. The number of nitrogens with one attached hydrogen (secondary N) is 2. The first-order valence-corrected chi connectivity index (χ1v) is 9.25. The van der Waals surface area contributed by atoms with Crippen molar-refractivity contribution in [2.75, 3.05) is 44.7 Å². The van der Waals surface area contributed by atoms with Crippen LogP contribution in [0.1, 0.15) is 19.0 Å². The van der Waals surface area contributed by atoms with Crippen LogP contribution in [-0.2, 0) is 9.53 Å². The maximum Gasteiger partial charge on any atom is 0.245 e. The highest BCUT2D eigenvalue weighted by atomic mass is 16.5. The van der Waals surface area contributed by atoms with Crippen LogP contribution in [0.25, 0.3) is 10.9 Å². The van der Waals surface area contributed by atoms with Crippen LogP contribution < -0.4 is 10.6 Å². The molecule has 144 valence electrons. The van der Waals surface area contributed by atoms with Crippen molar-refractivity contribution in [3.05, 3.63) is 30.0 Å². The maximum absolute atomic E-state index is 11.5. The van der Waals surface area contributed by atoms with Gasteiger partial charge in [-0.1, -0.05) is 18.2 Å². The van der Waals surface area contributed by atoms with Crippen LogP contribution in [0.15, 0.2) is 29.3 Å². The number of morpholine rings is 1. The number of nitrogens with zero attached hydrogens (tertiary/aromatic N) is 4. The molecule has 1 aromatic carbocycles. The van der Waals surface area contributed by atoms with Gasteiger partial charge in [0.15, 0.2) is 0 Å². The lowest BCUT2D eigenvalue weighted by atomic mass is 10.2. The fraction of sp³-hybridized carbons (Fsp3) is 0.474. The van der Waals surface area contributed by atoms with Crippen molar-refractivity contribution in [3.63, 3.8) is 0 Å². The molecule has 0 radical (unpaired) electrons.